The Kier molecular flexibility index (Phi) is 7.63. The van der Waals surface area contributed by atoms with Crippen molar-refractivity contribution in [1.82, 2.24) is 25.6 Å². The van der Waals surface area contributed by atoms with Gasteiger partial charge in [0.05, 0.1) is 36.1 Å². The SMILES string of the molecule is C[C@@H](O[C@@H]1CN(C(=O)NCc2cn[nH]n2)C[C@H]1c1ccc(F)cc1)c1cc(C(F)(F)F)cc(C(F)(F)F)c1. The number of likely N-dealkylation sites (tertiary alicyclic amines) is 1. The van der Waals surface area contributed by atoms with Crippen LogP contribution in [0.4, 0.5) is 35.5 Å². The Morgan fingerprint density at radius 3 is 2.26 bits per heavy atom. The Labute approximate surface area is 212 Å². The first kappa shape index (κ1) is 27.4. The van der Waals surface area contributed by atoms with Gasteiger partial charge in [-0.2, -0.15) is 41.8 Å². The van der Waals surface area contributed by atoms with Crippen molar-refractivity contribution in [2.75, 3.05) is 13.1 Å². The summed E-state index contributed by atoms with van der Waals surface area (Å²) >= 11 is 0. The molecule has 2 N–H and O–H groups in total. The second kappa shape index (κ2) is 10.6. The fourth-order valence-electron chi connectivity index (χ4n) is 4.25. The van der Waals surface area contributed by atoms with Crippen molar-refractivity contribution < 1.29 is 40.3 Å². The largest absolute Gasteiger partial charge is 0.416 e. The molecule has 204 valence electrons. The molecule has 2 aromatic carbocycles. The summed E-state index contributed by atoms with van der Waals surface area (Å²) in [6.07, 6.45) is -10.6. The van der Waals surface area contributed by atoms with Crippen LogP contribution in [0.3, 0.4) is 0 Å². The van der Waals surface area contributed by atoms with E-state index in [0.29, 0.717) is 23.4 Å². The number of rotatable bonds is 6. The highest BCUT2D eigenvalue weighted by molar-refractivity contribution is 5.74. The summed E-state index contributed by atoms with van der Waals surface area (Å²) in [4.78, 5) is 14.2. The molecule has 0 aliphatic carbocycles. The van der Waals surface area contributed by atoms with Crippen LogP contribution in [0.25, 0.3) is 0 Å². The van der Waals surface area contributed by atoms with Crippen molar-refractivity contribution >= 4 is 6.03 Å². The van der Waals surface area contributed by atoms with E-state index < -0.39 is 53.5 Å². The minimum Gasteiger partial charge on any atom is -0.368 e. The molecule has 2 heterocycles. The first-order valence-electron chi connectivity index (χ1n) is 11.4. The van der Waals surface area contributed by atoms with E-state index in [1.165, 1.54) is 42.3 Å². The minimum atomic E-state index is -5.00. The molecule has 1 fully saturated rings. The van der Waals surface area contributed by atoms with Gasteiger partial charge in [-0.1, -0.05) is 12.1 Å². The maximum absolute atomic E-state index is 13.5. The Morgan fingerprint density at radius 2 is 1.71 bits per heavy atom. The van der Waals surface area contributed by atoms with Gasteiger partial charge in [0.1, 0.15) is 11.5 Å². The summed E-state index contributed by atoms with van der Waals surface area (Å²) in [5.74, 6) is -1.02. The highest BCUT2D eigenvalue weighted by Crippen LogP contribution is 2.39. The van der Waals surface area contributed by atoms with Crippen molar-refractivity contribution in [1.29, 1.82) is 0 Å². The summed E-state index contributed by atoms with van der Waals surface area (Å²) < 4.78 is 99.5. The van der Waals surface area contributed by atoms with E-state index in [9.17, 15) is 35.5 Å². The molecule has 38 heavy (non-hydrogen) atoms. The summed E-state index contributed by atoms with van der Waals surface area (Å²) in [5.41, 5.74) is -2.16. The Bertz CT molecular complexity index is 1210. The first-order valence-corrected chi connectivity index (χ1v) is 11.4. The van der Waals surface area contributed by atoms with Crippen LogP contribution in [-0.4, -0.2) is 45.5 Å². The van der Waals surface area contributed by atoms with Gasteiger partial charge in [0, 0.05) is 19.0 Å². The van der Waals surface area contributed by atoms with Crippen LogP contribution < -0.4 is 5.32 Å². The molecule has 1 aliphatic rings. The van der Waals surface area contributed by atoms with Gasteiger partial charge in [0.15, 0.2) is 0 Å². The normalized spacial score (nSPS) is 19.0. The third kappa shape index (κ3) is 6.41. The van der Waals surface area contributed by atoms with E-state index in [4.69, 9.17) is 4.74 Å². The molecule has 0 spiro atoms. The number of carbonyl (C=O) groups is 1. The van der Waals surface area contributed by atoms with Crippen LogP contribution in [-0.2, 0) is 23.6 Å². The Balaban J connectivity index is 1.57. The summed E-state index contributed by atoms with van der Waals surface area (Å²) in [5, 5.41) is 12.5. The predicted octanol–water partition coefficient (Wildman–Crippen LogP) is 5.44. The third-order valence-corrected chi connectivity index (χ3v) is 6.20. The van der Waals surface area contributed by atoms with Gasteiger partial charge in [-0.3, -0.25) is 0 Å². The molecule has 0 saturated carbocycles. The number of H-pyrrole nitrogens is 1. The van der Waals surface area contributed by atoms with E-state index in [-0.39, 0.29) is 31.3 Å². The number of nitrogens with zero attached hydrogens (tertiary/aromatic N) is 3. The summed E-state index contributed by atoms with van der Waals surface area (Å²) in [6.45, 7) is 1.51. The monoisotopic (exact) mass is 545 g/mol. The molecule has 0 bridgehead atoms. The molecule has 7 nitrogen and oxygen atoms in total. The highest BCUT2D eigenvalue weighted by Gasteiger charge is 2.40. The van der Waals surface area contributed by atoms with Crippen LogP contribution in [0.5, 0.6) is 0 Å². The molecule has 4 rings (SSSR count). The van der Waals surface area contributed by atoms with E-state index >= 15 is 0 Å². The minimum absolute atomic E-state index is 0.0118. The third-order valence-electron chi connectivity index (χ3n) is 6.20. The quantitative estimate of drug-likeness (QED) is 0.405. The topological polar surface area (TPSA) is 83.1 Å². The summed E-state index contributed by atoms with van der Waals surface area (Å²) in [7, 11) is 0. The summed E-state index contributed by atoms with van der Waals surface area (Å²) in [6, 6.07) is 6.20. The van der Waals surface area contributed by atoms with Crippen LogP contribution in [0.15, 0.2) is 48.7 Å². The number of halogens is 7. The number of carbonyl (C=O) groups excluding carboxylic acids is 1. The van der Waals surface area contributed by atoms with E-state index in [2.05, 4.69) is 20.7 Å². The lowest BCUT2D eigenvalue weighted by Gasteiger charge is -2.25. The Hall–Kier alpha value is -3.68. The van der Waals surface area contributed by atoms with Gasteiger partial charge in [-0.05, 0) is 48.4 Å². The van der Waals surface area contributed by atoms with Crippen molar-refractivity contribution in [2.24, 2.45) is 0 Å². The molecular weight excluding hydrogens is 523 g/mol. The maximum Gasteiger partial charge on any atom is 0.416 e. The molecular formula is C24H22F7N5O2. The zero-order valence-electron chi connectivity index (χ0n) is 19.8. The van der Waals surface area contributed by atoms with Crippen molar-refractivity contribution in [2.45, 2.75) is 43.9 Å². The fourth-order valence-corrected chi connectivity index (χ4v) is 4.25. The lowest BCUT2D eigenvalue weighted by atomic mass is 9.95. The Morgan fingerprint density at radius 1 is 1.08 bits per heavy atom. The number of aromatic nitrogens is 3. The molecule has 3 atom stereocenters. The molecule has 2 amide bonds. The number of hydrogen-bond donors (Lipinski definition) is 2. The van der Waals surface area contributed by atoms with Crippen LogP contribution >= 0.6 is 0 Å². The van der Waals surface area contributed by atoms with Gasteiger partial charge >= 0.3 is 18.4 Å². The number of hydrogen-bond acceptors (Lipinski definition) is 4. The number of benzene rings is 2. The molecule has 14 heteroatoms. The van der Waals surface area contributed by atoms with Crippen LogP contribution in [0, 0.1) is 5.82 Å². The molecule has 1 aliphatic heterocycles. The zero-order valence-corrected chi connectivity index (χ0v) is 19.8. The predicted molar refractivity (Wildman–Crippen MR) is 119 cm³/mol. The number of amides is 2. The average Bonchev–Trinajstić information content (AvgIpc) is 3.52. The van der Waals surface area contributed by atoms with Crippen molar-refractivity contribution in [3.63, 3.8) is 0 Å². The zero-order chi connectivity index (χ0) is 27.7. The molecule has 1 saturated heterocycles. The van der Waals surface area contributed by atoms with Gasteiger partial charge in [-0.25, -0.2) is 9.18 Å². The van der Waals surface area contributed by atoms with Crippen LogP contribution in [0.2, 0.25) is 0 Å². The molecule has 0 unspecified atom stereocenters. The molecule has 3 aromatic rings. The number of nitrogens with one attached hydrogen (secondary N) is 2. The number of ether oxygens (including phenoxy) is 1. The standard InChI is InChI=1S/C24H22F7N5O2/c1-13(15-6-16(23(26,27)28)8-17(7-15)24(29,30)31)38-21-12-36(22(37)32-9-19-10-33-35-34-19)11-20(21)14-2-4-18(25)5-3-14/h2-8,10,13,20-21H,9,11-12H2,1H3,(H,32,37)(H,33,34,35)/t13-,20+,21-/m1/s1. The average molecular weight is 545 g/mol. The number of alkyl halides is 6. The molecule has 1 aromatic heterocycles. The van der Waals surface area contributed by atoms with Gasteiger partial charge < -0.3 is 15.0 Å². The lowest BCUT2D eigenvalue weighted by molar-refractivity contribution is -0.143. The van der Waals surface area contributed by atoms with E-state index in [1.807, 2.05) is 0 Å². The highest BCUT2D eigenvalue weighted by atomic mass is 19.4. The first-order chi connectivity index (χ1) is 17.8. The van der Waals surface area contributed by atoms with Gasteiger partial charge in [-0.15, -0.1) is 0 Å². The second-order valence-electron chi connectivity index (χ2n) is 8.84. The second-order valence-corrected chi connectivity index (χ2v) is 8.84. The van der Waals surface area contributed by atoms with E-state index in [0.717, 1.165) is 0 Å². The van der Waals surface area contributed by atoms with Crippen molar-refractivity contribution in [3.8, 4) is 0 Å². The molecule has 0 radical (unpaired) electrons. The number of urea groups is 1. The van der Waals surface area contributed by atoms with Gasteiger partial charge in [0.25, 0.3) is 0 Å². The number of aromatic amines is 1. The smallest absolute Gasteiger partial charge is 0.368 e. The van der Waals surface area contributed by atoms with Crippen LogP contribution in [0.1, 0.15) is 46.9 Å². The van der Waals surface area contributed by atoms with Gasteiger partial charge in [0.2, 0.25) is 0 Å². The van der Waals surface area contributed by atoms with E-state index in [1.54, 1.807) is 0 Å². The lowest BCUT2D eigenvalue weighted by Crippen LogP contribution is -2.38. The maximum atomic E-state index is 13.5. The van der Waals surface area contributed by atoms with Crippen molar-refractivity contribution in [3.05, 3.63) is 82.4 Å². The fraction of sp³-hybridized carbons (Fsp3) is 0.375.